The molecule has 0 aromatic rings. The van der Waals surface area contributed by atoms with Crippen LogP contribution in [0.1, 0.15) is 58.3 Å². The van der Waals surface area contributed by atoms with E-state index in [1.54, 1.807) is 11.8 Å². The number of hydrogen-bond acceptors (Lipinski definition) is 3. The number of rotatable bonds is 3. The van der Waals surface area contributed by atoms with Crippen LogP contribution >= 0.6 is 11.8 Å². The predicted octanol–water partition coefficient (Wildman–Crippen LogP) is 3.24. The molecule has 0 heterocycles. The van der Waals surface area contributed by atoms with Gasteiger partial charge in [0, 0.05) is 11.0 Å². The average molecular weight is 280 g/mol. The zero-order valence-electron chi connectivity index (χ0n) is 11.7. The summed E-state index contributed by atoms with van der Waals surface area (Å²) in [5.74, 6) is 6.95. The molecule has 2 aliphatic rings. The van der Waals surface area contributed by atoms with Gasteiger partial charge in [-0.2, -0.15) is 0 Å². The fourth-order valence-corrected chi connectivity index (χ4v) is 3.92. The van der Waals surface area contributed by atoms with Gasteiger partial charge in [0.05, 0.1) is 5.60 Å². The Balaban J connectivity index is 2.10. The predicted molar refractivity (Wildman–Crippen MR) is 80.8 cm³/mol. The van der Waals surface area contributed by atoms with Crippen molar-refractivity contribution < 1.29 is 10.2 Å². The second-order valence-corrected chi connectivity index (χ2v) is 6.99. The van der Waals surface area contributed by atoms with E-state index in [1.807, 2.05) is 6.08 Å². The van der Waals surface area contributed by atoms with E-state index in [-0.39, 0.29) is 0 Å². The van der Waals surface area contributed by atoms with Crippen LogP contribution in [-0.4, -0.2) is 27.2 Å². The van der Waals surface area contributed by atoms with Crippen molar-refractivity contribution in [2.75, 3.05) is 5.75 Å². The topological polar surface area (TPSA) is 40.5 Å². The van der Waals surface area contributed by atoms with Crippen molar-refractivity contribution in [1.82, 2.24) is 0 Å². The molecule has 3 heteroatoms. The highest BCUT2D eigenvalue weighted by molar-refractivity contribution is 8.03. The van der Waals surface area contributed by atoms with Crippen LogP contribution in [0.2, 0.25) is 0 Å². The third-order valence-corrected chi connectivity index (χ3v) is 5.23. The van der Waals surface area contributed by atoms with Gasteiger partial charge in [-0.25, -0.2) is 0 Å². The summed E-state index contributed by atoms with van der Waals surface area (Å²) in [4.78, 5) is 0.988. The van der Waals surface area contributed by atoms with Crippen molar-refractivity contribution in [3.63, 3.8) is 0 Å². The van der Waals surface area contributed by atoms with Crippen LogP contribution in [0.5, 0.6) is 0 Å². The lowest BCUT2D eigenvalue weighted by Crippen LogP contribution is -2.25. The molecule has 0 aliphatic heterocycles. The number of hydrogen-bond donors (Lipinski definition) is 2. The molecule has 19 heavy (non-hydrogen) atoms. The summed E-state index contributed by atoms with van der Waals surface area (Å²) in [6.45, 7) is 2.09. The Morgan fingerprint density at radius 3 is 2.26 bits per heavy atom. The molecule has 0 aromatic heterocycles. The van der Waals surface area contributed by atoms with Crippen molar-refractivity contribution in [1.29, 1.82) is 0 Å². The second kappa shape index (κ2) is 6.35. The Labute approximate surface area is 120 Å². The maximum Gasteiger partial charge on any atom is 0.125 e. The molecule has 2 aliphatic carbocycles. The lowest BCUT2D eigenvalue weighted by atomic mass is 10.0. The van der Waals surface area contributed by atoms with Crippen molar-refractivity contribution in [2.24, 2.45) is 0 Å². The standard InChI is InChI=1S/C16H24O2S/c1-2-19-14(16(18)12-5-6-13-16)8-7-11-15(17)9-3-4-10-15/h8,17-18H,2-6,9-10,12-13H2,1H3/b14-8-. The fraction of sp³-hybridized carbons (Fsp3) is 0.750. The van der Waals surface area contributed by atoms with Crippen LogP contribution in [0.25, 0.3) is 0 Å². The molecule has 2 fully saturated rings. The second-order valence-electron chi connectivity index (χ2n) is 5.69. The van der Waals surface area contributed by atoms with Gasteiger partial charge in [-0.1, -0.05) is 31.6 Å². The summed E-state index contributed by atoms with van der Waals surface area (Å²) in [5.41, 5.74) is -1.44. The van der Waals surface area contributed by atoms with E-state index in [0.29, 0.717) is 0 Å². The molecule has 0 bridgehead atoms. The summed E-state index contributed by atoms with van der Waals surface area (Å²) in [7, 11) is 0. The lowest BCUT2D eigenvalue weighted by molar-refractivity contribution is 0.0952. The van der Waals surface area contributed by atoms with Crippen LogP contribution in [0, 0.1) is 11.8 Å². The molecular formula is C16H24O2S. The molecule has 2 saturated carbocycles. The number of thioether (sulfide) groups is 1. The van der Waals surface area contributed by atoms with Gasteiger partial charge >= 0.3 is 0 Å². The Bertz CT molecular complexity index is 391. The first-order chi connectivity index (χ1) is 9.08. The highest BCUT2D eigenvalue weighted by atomic mass is 32.2. The summed E-state index contributed by atoms with van der Waals surface area (Å²) < 4.78 is 0. The van der Waals surface area contributed by atoms with E-state index in [2.05, 4.69) is 18.8 Å². The number of aliphatic hydroxyl groups is 2. The van der Waals surface area contributed by atoms with Gasteiger partial charge in [-0.3, -0.25) is 0 Å². The molecule has 0 radical (unpaired) electrons. The summed E-state index contributed by atoms with van der Waals surface area (Å²) in [6.07, 6.45) is 9.42. The molecule has 0 saturated heterocycles. The van der Waals surface area contributed by atoms with Crippen LogP contribution < -0.4 is 0 Å². The Hall–Kier alpha value is -0.430. The van der Waals surface area contributed by atoms with Crippen LogP contribution in [0.4, 0.5) is 0 Å². The van der Waals surface area contributed by atoms with Crippen molar-refractivity contribution >= 4 is 11.8 Å². The summed E-state index contributed by atoms with van der Waals surface area (Å²) in [6, 6.07) is 0. The molecule has 2 nitrogen and oxygen atoms in total. The van der Waals surface area contributed by atoms with E-state index in [4.69, 9.17) is 0 Å². The average Bonchev–Trinajstić information content (AvgIpc) is 2.99. The Morgan fingerprint density at radius 2 is 1.68 bits per heavy atom. The molecule has 0 aromatic carbocycles. The van der Waals surface area contributed by atoms with Gasteiger partial charge in [0.2, 0.25) is 0 Å². The van der Waals surface area contributed by atoms with E-state index < -0.39 is 11.2 Å². The van der Waals surface area contributed by atoms with Crippen LogP contribution in [-0.2, 0) is 0 Å². The van der Waals surface area contributed by atoms with Gasteiger partial charge in [0.1, 0.15) is 5.60 Å². The molecule has 0 amide bonds. The smallest absolute Gasteiger partial charge is 0.125 e. The maximum absolute atomic E-state index is 10.6. The zero-order valence-corrected chi connectivity index (χ0v) is 12.6. The summed E-state index contributed by atoms with van der Waals surface area (Å²) >= 11 is 1.68. The first-order valence-corrected chi connectivity index (χ1v) is 8.37. The number of allylic oxidation sites excluding steroid dienone is 1. The molecule has 2 N–H and O–H groups in total. The Kier molecular flexibility index (Phi) is 5.00. The molecule has 0 spiro atoms. The fourth-order valence-electron chi connectivity index (χ4n) is 2.99. The SMILES string of the molecule is CCS/C(=C\C#CC1(O)CCCC1)C1(O)CCCC1. The largest absolute Gasteiger partial charge is 0.385 e. The molecule has 0 atom stereocenters. The van der Waals surface area contributed by atoms with Gasteiger partial charge in [0.15, 0.2) is 0 Å². The first kappa shape index (κ1) is 15.0. The van der Waals surface area contributed by atoms with Gasteiger partial charge in [-0.05, 0) is 44.3 Å². The minimum atomic E-state index is -0.781. The van der Waals surface area contributed by atoms with Gasteiger partial charge in [-0.15, -0.1) is 11.8 Å². The minimum absolute atomic E-state index is 0.659. The minimum Gasteiger partial charge on any atom is -0.385 e. The van der Waals surface area contributed by atoms with Gasteiger partial charge in [0.25, 0.3) is 0 Å². The molecule has 106 valence electrons. The summed E-state index contributed by atoms with van der Waals surface area (Å²) in [5, 5.41) is 20.8. The van der Waals surface area contributed by atoms with Crippen LogP contribution in [0.15, 0.2) is 11.0 Å². The van der Waals surface area contributed by atoms with E-state index in [1.165, 1.54) is 0 Å². The third-order valence-electron chi connectivity index (χ3n) is 4.13. The quantitative estimate of drug-likeness (QED) is 0.780. The lowest BCUT2D eigenvalue weighted by Gasteiger charge is -2.24. The van der Waals surface area contributed by atoms with Crippen LogP contribution in [0.3, 0.4) is 0 Å². The van der Waals surface area contributed by atoms with E-state index in [9.17, 15) is 10.2 Å². The first-order valence-electron chi connectivity index (χ1n) is 7.39. The van der Waals surface area contributed by atoms with Crippen molar-refractivity contribution in [3.05, 3.63) is 11.0 Å². The highest BCUT2D eigenvalue weighted by Crippen LogP contribution is 2.40. The Morgan fingerprint density at radius 1 is 1.11 bits per heavy atom. The zero-order chi connectivity index (χ0) is 13.8. The van der Waals surface area contributed by atoms with E-state index in [0.717, 1.165) is 62.0 Å². The van der Waals surface area contributed by atoms with Gasteiger partial charge < -0.3 is 10.2 Å². The monoisotopic (exact) mass is 280 g/mol. The molecular weight excluding hydrogens is 256 g/mol. The van der Waals surface area contributed by atoms with E-state index >= 15 is 0 Å². The molecule has 2 rings (SSSR count). The maximum atomic E-state index is 10.6. The normalized spacial score (nSPS) is 25.1. The van der Waals surface area contributed by atoms with Crippen molar-refractivity contribution in [2.45, 2.75) is 69.5 Å². The molecule has 0 unspecified atom stereocenters. The third kappa shape index (κ3) is 3.78. The van der Waals surface area contributed by atoms with Crippen molar-refractivity contribution in [3.8, 4) is 11.8 Å². The highest BCUT2D eigenvalue weighted by Gasteiger charge is 2.35.